The molecule has 1 fully saturated rings. The number of rotatable bonds is 1. The molecule has 0 aromatic heterocycles. The van der Waals surface area contributed by atoms with E-state index in [1.807, 2.05) is 12.1 Å². The molecule has 1 saturated heterocycles. The lowest BCUT2D eigenvalue weighted by Gasteiger charge is -2.44. The van der Waals surface area contributed by atoms with Gasteiger partial charge in [-0.05, 0) is 61.2 Å². The van der Waals surface area contributed by atoms with Gasteiger partial charge in [0, 0.05) is 12.0 Å². The Morgan fingerprint density at radius 3 is 2.61 bits per heavy atom. The van der Waals surface area contributed by atoms with Crippen LogP contribution >= 0.6 is 0 Å². The molecule has 4 nitrogen and oxygen atoms in total. The predicted molar refractivity (Wildman–Crippen MR) is 108 cm³/mol. The number of aliphatic imine (C=N–C) groups is 1. The quantitative estimate of drug-likeness (QED) is 0.824. The first-order chi connectivity index (χ1) is 13.7. The summed E-state index contributed by atoms with van der Waals surface area (Å²) in [6, 6.07) is 16.1. The Hall–Kier alpha value is -2.40. The van der Waals surface area contributed by atoms with Gasteiger partial charge in [-0.1, -0.05) is 36.4 Å². The Morgan fingerprint density at radius 2 is 1.86 bits per heavy atom. The van der Waals surface area contributed by atoms with Gasteiger partial charge < -0.3 is 15.0 Å². The normalized spacial score (nSPS) is 23.7. The van der Waals surface area contributed by atoms with Crippen LogP contribution in [0.4, 0.5) is 4.39 Å². The molecule has 0 bridgehead atoms. The first kappa shape index (κ1) is 17.7. The first-order valence-electron chi connectivity index (χ1n) is 10.2. The standard InChI is InChI=1S/C23H26FN3O/c24-19-7-5-18(6-8-19)21-20-4-2-1-3-17(20)9-14-27(21)22-26-15-23(16-28-22)10-12-25-13-11-23/h1-8,21,25H,9-16H2/t21-/m0/s1. The molecule has 1 spiro atoms. The average molecular weight is 379 g/mol. The number of amidine groups is 1. The van der Waals surface area contributed by atoms with Crippen LogP contribution in [0, 0.1) is 11.2 Å². The fourth-order valence-electron chi connectivity index (χ4n) is 4.75. The van der Waals surface area contributed by atoms with Gasteiger partial charge in [-0.2, -0.15) is 0 Å². The zero-order valence-corrected chi connectivity index (χ0v) is 16.0. The molecule has 28 heavy (non-hydrogen) atoms. The molecule has 2 aromatic carbocycles. The van der Waals surface area contributed by atoms with E-state index in [4.69, 9.17) is 9.73 Å². The van der Waals surface area contributed by atoms with Crippen molar-refractivity contribution in [2.45, 2.75) is 25.3 Å². The summed E-state index contributed by atoms with van der Waals surface area (Å²) < 4.78 is 19.8. The van der Waals surface area contributed by atoms with Crippen molar-refractivity contribution in [1.82, 2.24) is 10.2 Å². The van der Waals surface area contributed by atoms with Crippen LogP contribution < -0.4 is 5.32 Å². The summed E-state index contributed by atoms with van der Waals surface area (Å²) in [4.78, 5) is 7.18. The van der Waals surface area contributed by atoms with Crippen molar-refractivity contribution in [2.24, 2.45) is 10.4 Å². The predicted octanol–water partition coefficient (Wildman–Crippen LogP) is 3.53. The molecular weight excluding hydrogens is 353 g/mol. The molecular formula is C23H26FN3O. The molecule has 0 aliphatic carbocycles. The second-order valence-corrected chi connectivity index (χ2v) is 8.23. The lowest BCUT2D eigenvalue weighted by Crippen LogP contribution is -2.49. The summed E-state index contributed by atoms with van der Waals surface area (Å²) in [5.41, 5.74) is 3.86. The number of halogens is 1. The van der Waals surface area contributed by atoms with Crippen LogP contribution in [0.15, 0.2) is 53.5 Å². The fourth-order valence-corrected chi connectivity index (χ4v) is 4.75. The van der Waals surface area contributed by atoms with Gasteiger partial charge in [0.15, 0.2) is 0 Å². The van der Waals surface area contributed by atoms with Gasteiger partial charge in [0.2, 0.25) is 0 Å². The summed E-state index contributed by atoms with van der Waals surface area (Å²) >= 11 is 0. The van der Waals surface area contributed by atoms with Crippen LogP contribution in [0.5, 0.6) is 0 Å². The molecule has 3 heterocycles. The van der Waals surface area contributed by atoms with Gasteiger partial charge >= 0.3 is 0 Å². The number of ether oxygens (including phenoxy) is 1. The molecule has 146 valence electrons. The zero-order chi connectivity index (χ0) is 19.0. The van der Waals surface area contributed by atoms with E-state index in [9.17, 15) is 4.39 Å². The van der Waals surface area contributed by atoms with Gasteiger partial charge in [0.25, 0.3) is 6.02 Å². The highest BCUT2D eigenvalue weighted by molar-refractivity contribution is 5.76. The van der Waals surface area contributed by atoms with Crippen LogP contribution in [0.1, 0.15) is 35.6 Å². The van der Waals surface area contributed by atoms with E-state index in [1.54, 1.807) is 0 Å². The van der Waals surface area contributed by atoms with E-state index >= 15 is 0 Å². The summed E-state index contributed by atoms with van der Waals surface area (Å²) in [7, 11) is 0. The Morgan fingerprint density at radius 1 is 1.07 bits per heavy atom. The van der Waals surface area contributed by atoms with E-state index in [0.29, 0.717) is 0 Å². The molecule has 0 amide bonds. The highest BCUT2D eigenvalue weighted by atomic mass is 19.1. The third kappa shape index (κ3) is 3.18. The SMILES string of the molecule is Fc1ccc([C@H]2c3ccccc3CCN2C2=NCC3(CCNCC3)CO2)cc1. The topological polar surface area (TPSA) is 36.9 Å². The number of piperidine rings is 1. The zero-order valence-electron chi connectivity index (χ0n) is 16.0. The molecule has 0 saturated carbocycles. The van der Waals surface area contributed by atoms with Crippen LogP contribution in [0.3, 0.4) is 0 Å². The molecule has 0 radical (unpaired) electrons. The molecule has 0 unspecified atom stereocenters. The maximum absolute atomic E-state index is 13.5. The van der Waals surface area contributed by atoms with Gasteiger partial charge in [-0.3, -0.25) is 0 Å². The summed E-state index contributed by atoms with van der Waals surface area (Å²) in [6.45, 7) is 4.51. The highest BCUT2D eigenvalue weighted by Gasteiger charge is 2.39. The van der Waals surface area contributed by atoms with E-state index < -0.39 is 0 Å². The van der Waals surface area contributed by atoms with Crippen molar-refractivity contribution >= 4 is 6.02 Å². The molecule has 5 heteroatoms. The minimum absolute atomic E-state index is 0.00590. The number of benzene rings is 2. The highest BCUT2D eigenvalue weighted by Crippen LogP contribution is 2.38. The third-order valence-electron chi connectivity index (χ3n) is 6.44. The van der Waals surface area contributed by atoms with Gasteiger partial charge in [-0.15, -0.1) is 0 Å². The van der Waals surface area contributed by atoms with Crippen LogP contribution in [0.25, 0.3) is 0 Å². The van der Waals surface area contributed by atoms with E-state index in [0.717, 1.165) is 63.6 Å². The molecule has 1 atom stereocenters. The van der Waals surface area contributed by atoms with Crippen LogP contribution in [0.2, 0.25) is 0 Å². The Kier molecular flexibility index (Phi) is 4.55. The van der Waals surface area contributed by atoms with E-state index in [2.05, 4.69) is 34.5 Å². The van der Waals surface area contributed by atoms with Gasteiger partial charge in [-0.25, -0.2) is 9.38 Å². The average Bonchev–Trinajstić information content (AvgIpc) is 2.75. The Balaban J connectivity index is 1.48. The van der Waals surface area contributed by atoms with Crippen molar-refractivity contribution in [3.05, 3.63) is 71.0 Å². The lowest BCUT2D eigenvalue weighted by atomic mass is 9.79. The van der Waals surface area contributed by atoms with Crippen molar-refractivity contribution < 1.29 is 9.13 Å². The molecule has 5 rings (SSSR count). The first-order valence-corrected chi connectivity index (χ1v) is 10.2. The van der Waals surface area contributed by atoms with Crippen molar-refractivity contribution in [1.29, 1.82) is 0 Å². The minimum atomic E-state index is -0.210. The minimum Gasteiger partial charge on any atom is -0.464 e. The summed E-state index contributed by atoms with van der Waals surface area (Å²) in [5, 5.41) is 3.43. The maximum atomic E-state index is 13.5. The van der Waals surface area contributed by atoms with Crippen molar-refractivity contribution in [3.8, 4) is 0 Å². The monoisotopic (exact) mass is 379 g/mol. The molecule has 2 aromatic rings. The van der Waals surface area contributed by atoms with E-state index in [-0.39, 0.29) is 17.3 Å². The molecule has 3 aliphatic rings. The molecule has 1 N–H and O–H groups in total. The Bertz CT molecular complexity index is 874. The maximum Gasteiger partial charge on any atom is 0.288 e. The van der Waals surface area contributed by atoms with Crippen LogP contribution in [-0.4, -0.2) is 43.7 Å². The molecule has 3 aliphatic heterocycles. The second-order valence-electron chi connectivity index (χ2n) is 8.23. The van der Waals surface area contributed by atoms with Crippen molar-refractivity contribution in [2.75, 3.05) is 32.8 Å². The lowest BCUT2D eigenvalue weighted by molar-refractivity contribution is 0.0652. The summed E-state index contributed by atoms with van der Waals surface area (Å²) in [6.07, 6.45) is 3.20. The van der Waals surface area contributed by atoms with Crippen LogP contribution in [-0.2, 0) is 11.2 Å². The fraction of sp³-hybridized carbons (Fsp3) is 0.435. The number of nitrogens with one attached hydrogen (secondary N) is 1. The Labute approximate surface area is 165 Å². The third-order valence-corrected chi connectivity index (χ3v) is 6.44. The smallest absolute Gasteiger partial charge is 0.288 e. The van der Waals surface area contributed by atoms with Crippen molar-refractivity contribution in [3.63, 3.8) is 0 Å². The largest absolute Gasteiger partial charge is 0.464 e. The van der Waals surface area contributed by atoms with Gasteiger partial charge in [0.05, 0.1) is 19.2 Å². The number of fused-ring (bicyclic) bond motifs is 1. The second kappa shape index (κ2) is 7.21. The van der Waals surface area contributed by atoms with E-state index in [1.165, 1.54) is 23.3 Å². The number of nitrogens with zero attached hydrogens (tertiary/aromatic N) is 2. The summed E-state index contributed by atoms with van der Waals surface area (Å²) in [5.74, 6) is -0.210. The number of hydrogen-bond donors (Lipinski definition) is 1. The van der Waals surface area contributed by atoms with Gasteiger partial charge in [0.1, 0.15) is 5.82 Å². The number of hydrogen-bond acceptors (Lipinski definition) is 4.